The molecule has 3 aliphatic heterocycles. The number of methoxy groups -OCH3 is 1. The van der Waals surface area contributed by atoms with Crippen LogP contribution < -0.4 is 4.74 Å². The molecular formula is C20H26N2O2. The molecule has 1 aromatic heterocycles. The van der Waals surface area contributed by atoms with Crippen molar-refractivity contribution in [3.05, 3.63) is 29.5 Å². The van der Waals surface area contributed by atoms with Crippen LogP contribution in [0.4, 0.5) is 0 Å². The largest absolute Gasteiger partial charge is 0.497 e. The third-order valence-electron chi connectivity index (χ3n) is 6.74. The zero-order valence-electron chi connectivity index (χ0n) is 14.5. The van der Waals surface area contributed by atoms with Gasteiger partial charge in [0.15, 0.2) is 0 Å². The molecule has 0 amide bonds. The lowest BCUT2D eigenvalue weighted by molar-refractivity contribution is -0.0580. The van der Waals surface area contributed by atoms with Crippen molar-refractivity contribution < 1.29 is 9.84 Å². The number of benzene rings is 1. The minimum Gasteiger partial charge on any atom is -0.497 e. The highest BCUT2D eigenvalue weighted by atomic mass is 16.5. The van der Waals surface area contributed by atoms with Crippen molar-refractivity contribution in [1.29, 1.82) is 0 Å². The zero-order valence-corrected chi connectivity index (χ0v) is 14.5. The van der Waals surface area contributed by atoms with Gasteiger partial charge in [0.25, 0.3) is 0 Å². The van der Waals surface area contributed by atoms with E-state index in [0.717, 1.165) is 24.6 Å². The van der Waals surface area contributed by atoms with Gasteiger partial charge in [0.05, 0.1) is 13.2 Å². The van der Waals surface area contributed by atoms with Gasteiger partial charge in [-0.15, -0.1) is 0 Å². The summed E-state index contributed by atoms with van der Waals surface area (Å²) in [5.41, 5.74) is 4.14. The van der Waals surface area contributed by atoms with E-state index < -0.39 is 0 Å². The quantitative estimate of drug-likeness (QED) is 0.892. The highest BCUT2D eigenvalue weighted by Crippen LogP contribution is 2.51. The minimum absolute atomic E-state index is 0.214. The van der Waals surface area contributed by atoms with E-state index in [0.29, 0.717) is 17.9 Å². The molecule has 4 aliphatic rings. The third-order valence-corrected chi connectivity index (χ3v) is 6.74. The minimum atomic E-state index is -0.214. The number of aromatic nitrogens is 1. The molecule has 6 rings (SSSR count). The van der Waals surface area contributed by atoms with E-state index in [2.05, 4.69) is 22.0 Å². The fourth-order valence-electron chi connectivity index (χ4n) is 5.77. The number of aliphatic hydroxyl groups is 1. The summed E-state index contributed by atoms with van der Waals surface area (Å²) in [5, 5.41) is 11.7. The van der Waals surface area contributed by atoms with Crippen LogP contribution >= 0.6 is 0 Å². The topological polar surface area (TPSA) is 48.5 Å². The predicted octanol–water partition coefficient (Wildman–Crippen LogP) is 2.91. The molecule has 2 saturated heterocycles. The van der Waals surface area contributed by atoms with Crippen LogP contribution in [0, 0.1) is 11.8 Å². The lowest BCUT2D eigenvalue weighted by Crippen LogP contribution is -2.58. The summed E-state index contributed by atoms with van der Waals surface area (Å²) in [7, 11) is 1.73. The van der Waals surface area contributed by atoms with Crippen molar-refractivity contribution in [1.82, 2.24) is 9.88 Å². The average molecular weight is 326 g/mol. The molecule has 1 aliphatic carbocycles. The zero-order chi connectivity index (χ0) is 16.4. The van der Waals surface area contributed by atoms with Crippen LogP contribution in [0.2, 0.25) is 0 Å². The second kappa shape index (κ2) is 5.24. The first kappa shape index (κ1) is 14.8. The van der Waals surface area contributed by atoms with Crippen molar-refractivity contribution >= 4 is 10.9 Å². The average Bonchev–Trinajstić information content (AvgIpc) is 2.92. The summed E-state index contributed by atoms with van der Waals surface area (Å²) in [6.07, 6.45) is 3.34. The maximum atomic E-state index is 10.3. The number of nitrogens with one attached hydrogen (secondary N) is 1. The lowest BCUT2D eigenvalue weighted by atomic mass is 9.64. The normalized spacial score (nSPS) is 35.5. The third kappa shape index (κ3) is 1.99. The van der Waals surface area contributed by atoms with Gasteiger partial charge in [0, 0.05) is 47.6 Å². The Morgan fingerprint density at radius 1 is 1.33 bits per heavy atom. The molecule has 128 valence electrons. The van der Waals surface area contributed by atoms with Gasteiger partial charge in [0.1, 0.15) is 5.75 Å². The van der Waals surface area contributed by atoms with Crippen molar-refractivity contribution in [2.75, 3.05) is 20.2 Å². The van der Waals surface area contributed by atoms with Gasteiger partial charge in [-0.1, -0.05) is 0 Å². The standard InChI is InChI=1S/C20H26N2O2/c1-11(23)15-7-12-8-17-19-14(5-6-22(10-12)20(15)17)16-9-13(24-2)3-4-18(16)21-19/h3-4,9,11-12,15,17,20-21,23H,5-8,10H2,1-2H3/t11-,12+,15-,17+,20-/m1/s1. The number of fused-ring (bicyclic) bond motifs is 4. The Kier molecular flexibility index (Phi) is 3.23. The van der Waals surface area contributed by atoms with Crippen molar-refractivity contribution in [2.24, 2.45) is 11.8 Å². The molecule has 2 aromatic rings. The summed E-state index contributed by atoms with van der Waals surface area (Å²) in [5.74, 6) is 2.61. The first-order valence-electron chi connectivity index (χ1n) is 9.26. The van der Waals surface area contributed by atoms with Crippen LogP contribution in [0.5, 0.6) is 5.75 Å². The number of ether oxygens (including phenoxy) is 1. The van der Waals surface area contributed by atoms with Crippen molar-refractivity contribution in [2.45, 2.75) is 44.2 Å². The number of H-pyrrole nitrogens is 1. The van der Waals surface area contributed by atoms with E-state index in [9.17, 15) is 5.11 Å². The molecular weight excluding hydrogens is 300 g/mol. The Balaban J connectivity index is 1.65. The summed E-state index contributed by atoms with van der Waals surface area (Å²) >= 11 is 0. The van der Waals surface area contributed by atoms with Gasteiger partial charge in [-0.05, 0) is 55.9 Å². The molecule has 1 unspecified atom stereocenters. The van der Waals surface area contributed by atoms with Gasteiger partial charge in [0.2, 0.25) is 0 Å². The van der Waals surface area contributed by atoms with Crippen LogP contribution in [0.1, 0.15) is 36.9 Å². The number of piperidine rings is 2. The van der Waals surface area contributed by atoms with E-state index in [1.54, 1.807) is 7.11 Å². The Labute approximate surface area is 142 Å². The Bertz CT molecular complexity index is 781. The molecule has 4 bridgehead atoms. The van der Waals surface area contributed by atoms with Gasteiger partial charge in [-0.3, -0.25) is 4.90 Å². The first-order valence-corrected chi connectivity index (χ1v) is 9.26. The van der Waals surface area contributed by atoms with E-state index in [4.69, 9.17) is 4.74 Å². The van der Waals surface area contributed by atoms with Gasteiger partial charge >= 0.3 is 0 Å². The summed E-state index contributed by atoms with van der Waals surface area (Å²) < 4.78 is 5.44. The molecule has 4 heteroatoms. The molecule has 2 N–H and O–H groups in total. The highest BCUT2D eigenvalue weighted by molar-refractivity contribution is 5.86. The molecule has 4 nitrogen and oxygen atoms in total. The van der Waals surface area contributed by atoms with E-state index in [1.807, 2.05) is 13.0 Å². The molecule has 6 atom stereocenters. The lowest BCUT2D eigenvalue weighted by Gasteiger charge is -2.54. The molecule has 1 aromatic carbocycles. The van der Waals surface area contributed by atoms with E-state index in [-0.39, 0.29) is 6.10 Å². The molecule has 4 heterocycles. The van der Waals surface area contributed by atoms with E-state index >= 15 is 0 Å². The molecule has 0 radical (unpaired) electrons. The summed E-state index contributed by atoms with van der Waals surface area (Å²) in [6, 6.07) is 6.86. The van der Waals surface area contributed by atoms with E-state index in [1.165, 1.54) is 41.5 Å². The SMILES string of the molecule is COc1ccc2[nH]c3c(c2c1)CCN1C[C@H]2C[C@H]([C@@H](C)O)[C@@H]1[C@H]3C2. The van der Waals surface area contributed by atoms with Crippen LogP contribution in [-0.4, -0.2) is 47.3 Å². The number of hydrogen-bond acceptors (Lipinski definition) is 3. The second-order valence-electron chi connectivity index (χ2n) is 8.01. The van der Waals surface area contributed by atoms with Crippen LogP contribution in [0.25, 0.3) is 10.9 Å². The Morgan fingerprint density at radius 3 is 3.00 bits per heavy atom. The van der Waals surface area contributed by atoms with Gasteiger partial charge in [-0.25, -0.2) is 0 Å². The molecule has 24 heavy (non-hydrogen) atoms. The molecule has 3 fully saturated rings. The number of hydrogen-bond donors (Lipinski definition) is 2. The first-order chi connectivity index (χ1) is 11.7. The van der Waals surface area contributed by atoms with Crippen LogP contribution in [0.15, 0.2) is 18.2 Å². The number of aliphatic hydroxyl groups excluding tert-OH is 1. The summed E-state index contributed by atoms with van der Waals surface area (Å²) in [6.45, 7) is 4.31. The Hall–Kier alpha value is -1.52. The number of nitrogens with zero attached hydrogens (tertiary/aromatic N) is 1. The van der Waals surface area contributed by atoms with Crippen LogP contribution in [0.3, 0.4) is 0 Å². The second-order valence-corrected chi connectivity index (χ2v) is 8.01. The molecule has 0 spiro atoms. The number of rotatable bonds is 2. The smallest absolute Gasteiger partial charge is 0.119 e. The van der Waals surface area contributed by atoms with Gasteiger partial charge < -0.3 is 14.8 Å². The fraction of sp³-hybridized carbons (Fsp3) is 0.600. The number of aromatic amines is 1. The Morgan fingerprint density at radius 2 is 2.21 bits per heavy atom. The monoisotopic (exact) mass is 326 g/mol. The highest BCUT2D eigenvalue weighted by Gasteiger charge is 2.50. The van der Waals surface area contributed by atoms with Crippen molar-refractivity contribution in [3.63, 3.8) is 0 Å². The summed E-state index contributed by atoms with van der Waals surface area (Å²) in [4.78, 5) is 6.41. The van der Waals surface area contributed by atoms with Crippen LogP contribution in [-0.2, 0) is 6.42 Å². The predicted molar refractivity (Wildman–Crippen MR) is 94.6 cm³/mol. The maximum Gasteiger partial charge on any atom is 0.119 e. The van der Waals surface area contributed by atoms with Gasteiger partial charge in [-0.2, -0.15) is 0 Å². The maximum absolute atomic E-state index is 10.3. The molecule has 1 saturated carbocycles. The van der Waals surface area contributed by atoms with Crippen molar-refractivity contribution in [3.8, 4) is 5.75 Å². The fourth-order valence-corrected chi connectivity index (χ4v) is 5.77.